The van der Waals surface area contributed by atoms with Gasteiger partial charge in [-0.25, -0.2) is 0 Å². The molecule has 1 fully saturated rings. The van der Waals surface area contributed by atoms with E-state index in [0.717, 1.165) is 5.69 Å². The third kappa shape index (κ3) is 2.19. The molecule has 17 heavy (non-hydrogen) atoms. The zero-order valence-corrected chi connectivity index (χ0v) is 9.72. The summed E-state index contributed by atoms with van der Waals surface area (Å²) in [6.45, 7) is 1.14. The van der Waals surface area contributed by atoms with Crippen molar-refractivity contribution in [3.8, 4) is 11.5 Å². The molecule has 2 rings (SSSR count). The van der Waals surface area contributed by atoms with Crippen LogP contribution < -0.4 is 15.4 Å². The van der Waals surface area contributed by atoms with Gasteiger partial charge in [0.25, 0.3) is 0 Å². The lowest BCUT2D eigenvalue weighted by molar-refractivity contribution is -0.117. The van der Waals surface area contributed by atoms with E-state index in [1.54, 1.807) is 17.0 Å². The number of hydrogen-bond donors (Lipinski definition) is 2. The van der Waals surface area contributed by atoms with E-state index < -0.39 is 0 Å². The monoisotopic (exact) mass is 236 g/mol. The quantitative estimate of drug-likeness (QED) is 0.810. The minimum atomic E-state index is 0.0631. The van der Waals surface area contributed by atoms with E-state index in [4.69, 9.17) is 10.5 Å². The number of hydrogen-bond acceptors (Lipinski definition) is 4. The molecular formula is C12H16N2O3. The second-order valence-electron chi connectivity index (χ2n) is 4.17. The van der Waals surface area contributed by atoms with Gasteiger partial charge < -0.3 is 20.5 Å². The van der Waals surface area contributed by atoms with Gasteiger partial charge in [-0.1, -0.05) is 0 Å². The number of anilines is 1. The number of methoxy groups -OCH3 is 1. The molecule has 0 aromatic heterocycles. The van der Waals surface area contributed by atoms with E-state index in [1.165, 1.54) is 13.2 Å². The molecule has 0 saturated carbocycles. The average Bonchev–Trinajstić information content (AvgIpc) is 2.71. The van der Waals surface area contributed by atoms with Crippen LogP contribution in [0.3, 0.4) is 0 Å². The molecule has 0 bridgehead atoms. The van der Waals surface area contributed by atoms with Crippen molar-refractivity contribution in [2.45, 2.75) is 6.42 Å². The van der Waals surface area contributed by atoms with Gasteiger partial charge >= 0.3 is 0 Å². The molecule has 0 spiro atoms. The number of ether oxygens (including phenoxy) is 1. The number of rotatable bonds is 3. The summed E-state index contributed by atoms with van der Waals surface area (Å²) < 4.78 is 5.02. The maximum atomic E-state index is 11.8. The molecule has 1 saturated heterocycles. The van der Waals surface area contributed by atoms with Crippen LogP contribution in [0.5, 0.6) is 11.5 Å². The Bertz CT molecular complexity index is 434. The van der Waals surface area contributed by atoms with Crippen molar-refractivity contribution in [1.82, 2.24) is 0 Å². The predicted molar refractivity (Wildman–Crippen MR) is 64.2 cm³/mol. The van der Waals surface area contributed by atoms with Crippen molar-refractivity contribution >= 4 is 11.6 Å². The van der Waals surface area contributed by atoms with Gasteiger partial charge in [0.2, 0.25) is 5.91 Å². The second-order valence-corrected chi connectivity index (χ2v) is 4.17. The highest BCUT2D eigenvalue weighted by atomic mass is 16.5. The molecule has 1 aliphatic rings. The number of carbonyl (C=O) groups excluding carboxylic acids is 1. The summed E-state index contributed by atoms with van der Waals surface area (Å²) in [6, 6.07) is 4.89. The van der Waals surface area contributed by atoms with Gasteiger partial charge in [-0.3, -0.25) is 4.79 Å². The van der Waals surface area contributed by atoms with Crippen LogP contribution in [0.2, 0.25) is 0 Å². The fraction of sp³-hybridized carbons (Fsp3) is 0.417. The maximum Gasteiger partial charge on any atom is 0.227 e. The van der Waals surface area contributed by atoms with Gasteiger partial charge in [0.1, 0.15) is 0 Å². The lowest BCUT2D eigenvalue weighted by Gasteiger charge is -2.17. The van der Waals surface area contributed by atoms with Crippen molar-refractivity contribution in [3.63, 3.8) is 0 Å². The molecule has 1 aromatic rings. The fourth-order valence-electron chi connectivity index (χ4n) is 2.02. The van der Waals surface area contributed by atoms with E-state index >= 15 is 0 Å². The Balaban J connectivity index is 2.26. The van der Waals surface area contributed by atoms with E-state index in [0.29, 0.717) is 25.3 Å². The number of benzene rings is 1. The molecule has 1 heterocycles. The maximum absolute atomic E-state index is 11.8. The molecule has 5 heteroatoms. The van der Waals surface area contributed by atoms with Crippen molar-refractivity contribution in [2.24, 2.45) is 11.7 Å². The third-order valence-corrected chi connectivity index (χ3v) is 3.01. The Morgan fingerprint density at radius 2 is 2.35 bits per heavy atom. The number of carbonyl (C=O) groups is 1. The van der Waals surface area contributed by atoms with Crippen molar-refractivity contribution in [1.29, 1.82) is 0 Å². The van der Waals surface area contributed by atoms with Gasteiger partial charge in [0.15, 0.2) is 11.5 Å². The highest BCUT2D eigenvalue weighted by molar-refractivity contribution is 5.96. The molecular weight excluding hydrogens is 220 g/mol. The second kappa shape index (κ2) is 4.63. The number of nitrogens with two attached hydrogens (primary N) is 1. The summed E-state index contributed by atoms with van der Waals surface area (Å²) in [5.74, 6) is 0.709. The highest BCUT2D eigenvalue weighted by Gasteiger charge is 2.29. The third-order valence-electron chi connectivity index (χ3n) is 3.01. The van der Waals surface area contributed by atoms with E-state index in [9.17, 15) is 9.90 Å². The summed E-state index contributed by atoms with van der Waals surface area (Å²) in [5, 5.41) is 9.49. The van der Waals surface area contributed by atoms with Crippen molar-refractivity contribution in [3.05, 3.63) is 18.2 Å². The van der Waals surface area contributed by atoms with Crippen molar-refractivity contribution < 1.29 is 14.6 Å². The first-order valence-electron chi connectivity index (χ1n) is 5.53. The van der Waals surface area contributed by atoms with E-state index in [1.807, 2.05) is 0 Å². The first-order valence-corrected chi connectivity index (χ1v) is 5.53. The zero-order valence-electron chi connectivity index (χ0n) is 9.72. The predicted octanol–water partition coefficient (Wildman–Crippen LogP) is 0.712. The molecule has 0 radical (unpaired) electrons. The average molecular weight is 236 g/mol. The number of aromatic hydroxyl groups is 1. The highest BCUT2D eigenvalue weighted by Crippen LogP contribution is 2.33. The number of phenolic OH excluding ortho intramolecular Hbond substituents is 1. The normalized spacial score (nSPS) is 19.8. The van der Waals surface area contributed by atoms with Crippen LogP contribution in [0.25, 0.3) is 0 Å². The van der Waals surface area contributed by atoms with Crippen LogP contribution in [0, 0.1) is 5.92 Å². The summed E-state index contributed by atoms with van der Waals surface area (Å²) >= 11 is 0. The van der Waals surface area contributed by atoms with Gasteiger partial charge in [0, 0.05) is 24.7 Å². The summed E-state index contributed by atoms with van der Waals surface area (Å²) in [7, 11) is 1.48. The molecule has 0 aliphatic carbocycles. The summed E-state index contributed by atoms with van der Waals surface area (Å²) in [6.07, 6.45) is 0.486. The number of phenols is 1. The first-order chi connectivity index (χ1) is 8.15. The molecule has 5 nitrogen and oxygen atoms in total. The summed E-state index contributed by atoms with van der Waals surface area (Å²) in [4.78, 5) is 13.5. The topological polar surface area (TPSA) is 75.8 Å². The lowest BCUT2D eigenvalue weighted by Crippen LogP contribution is -2.25. The molecule has 3 N–H and O–H groups in total. The first kappa shape index (κ1) is 11.7. The van der Waals surface area contributed by atoms with Crippen LogP contribution in [0.1, 0.15) is 6.42 Å². The van der Waals surface area contributed by atoms with Gasteiger partial charge in [-0.2, -0.15) is 0 Å². The number of amides is 1. The minimum absolute atomic E-state index is 0.0631. The van der Waals surface area contributed by atoms with Gasteiger partial charge in [-0.05, 0) is 24.6 Å². The van der Waals surface area contributed by atoms with Crippen LogP contribution in [0.15, 0.2) is 18.2 Å². The van der Waals surface area contributed by atoms with Gasteiger partial charge in [0.05, 0.1) is 7.11 Å². The summed E-state index contributed by atoms with van der Waals surface area (Å²) in [5.41, 5.74) is 6.31. The standard InChI is InChI=1S/C12H16N2O3/c1-17-11-5-9(2-3-10(11)15)14-7-8(6-13)4-12(14)16/h2-3,5,8,15H,4,6-7,13H2,1H3. The molecule has 1 amide bonds. The molecule has 1 unspecified atom stereocenters. The Hall–Kier alpha value is -1.75. The van der Waals surface area contributed by atoms with Crippen molar-refractivity contribution in [2.75, 3.05) is 25.1 Å². The Morgan fingerprint density at radius 3 is 2.94 bits per heavy atom. The van der Waals surface area contributed by atoms with Gasteiger partial charge in [-0.15, -0.1) is 0 Å². The zero-order chi connectivity index (χ0) is 12.4. The lowest BCUT2D eigenvalue weighted by atomic mass is 10.1. The van der Waals surface area contributed by atoms with E-state index in [-0.39, 0.29) is 17.6 Å². The smallest absolute Gasteiger partial charge is 0.227 e. The molecule has 1 atom stereocenters. The molecule has 92 valence electrons. The largest absolute Gasteiger partial charge is 0.504 e. The number of nitrogens with zero attached hydrogens (tertiary/aromatic N) is 1. The molecule has 1 aromatic carbocycles. The van der Waals surface area contributed by atoms with E-state index in [2.05, 4.69) is 0 Å². The van der Waals surface area contributed by atoms with Crippen LogP contribution in [-0.2, 0) is 4.79 Å². The Morgan fingerprint density at radius 1 is 1.59 bits per heavy atom. The van der Waals surface area contributed by atoms with Crippen LogP contribution >= 0.6 is 0 Å². The van der Waals surface area contributed by atoms with Crippen LogP contribution in [0.4, 0.5) is 5.69 Å². The fourth-order valence-corrected chi connectivity index (χ4v) is 2.02. The molecule has 1 aliphatic heterocycles. The Labute approximate surface area is 99.8 Å². The van der Waals surface area contributed by atoms with Crippen LogP contribution in [-0.4, -0.2) is 31.2 Å². The minimum Gasteiger partial charge on any atom is -0.504 e. The Kier molecular flexibility index (Phi) is 3.19. The SMILES string of the molecule is COc1cc(N2CC(CN)CC2=O)ccc1O.